The molecular weight excluding hydrogens is 194 g/mol. The first-order valence-corrected chi connectivity index (χ1v) is 3.68. The maximum Gasteiger partial charge on any atom is 0.160 e. The third kappa shape index (κ3) is 2.40. The van der Waals surface area contributed by atoms with Crippen molar-refractivity contribution in [3.05, 3.63) is 29.8 Å². The largest absolute Gasteiger partial charge is 0.548 e. The molecule has 1 rings (SSSR count). The Morgan fingerprint density at radius 1 is 1.43 bits per heavy atom. The molecular formula is C8H7F2N2O2-. The Bertz CT molecular complexity index is 357. The summed E-state index contributed by atoms with van der Waals surface area (Å²) < 4.78 is 25.1. The van der Waals surface area contributed by atoms with Crippen molar-refractivity contribution in [2.45, 2.75) is 0 Å². The molecule has 0 radical (unpaired) electrons. The molecule has 6 heteroatoms. The number of aliphatic carboxylic acids is 1. The topological polar surface area (TPSA) is 69.4 Å². The summed E-state index contributed by atoms with van der Waals surface area (Å²) in [7, 11) is 0. The highest BCUT2D eigenvalue weighted by Gasteiger charge is 2.06. The average molecular weight is 201 g/mol. The van der Waals surface area contributed by atoms with E-state index in [4.69, 9.17) is 5.84 Å². The van der Waals surface area contributed by atoms with Gasteiger partial charge in [0.2, 0.25) is 0 Å². The lowest BCUT2D eigenvalue weighted by molar-refractivity contribution is -0.303. The maximum atomic E-state index is 12.7. The van der Waals surface area contributed by atoms with E-state index >= 15 is 0 Å². The van der Waals surface area contributed by atoms with Gasteiger partial charge in [0.1, 0.15) is 0 Å². The Hall–Kier alpha value is -1.69. The molecule has 0 amide bonds. The summed E-state index contributed by atoms with van der Waals surface area (Å²) in [6.45, 7) is -0.592. The number of carboxylic acids is 1. The first kappa shape index (κ1) is 10.4. The van der Waals surface area contributed by atoms with Gasteiger partial charge < -0.3 is 14.9 Å². The number of nitrogens with two attached hydrogens (primary N) is 1. The number of carbonyl (C=O) groups is 1. The van der Waals surface area contributed by atoms with Crippen LogP contribution in [-0.4, -0.2) is 12.5 Å². The summed E-state index contributed by atoms with van der Waals surface area (Å²) in [6.07, 6.45) is 0. The van der Waals surface area contributed by atoms with Crippen LogP contribution in [0.25, 0.3) is 0 Å². The normalized spacial score (nSPS) is 9.93. The van der Waals surface area contributed by atoms with E-state index in [0.29, 0.717) is 0 Å². The molecule has 0 aliphatic carbocycles. The highest BCUT2D eigenvalue weighted by Crippen LogP contribution is 2.14. The van der Waals surface area contributed by atoms with Gasteiger partial charge in [0.25, 0.3) is 0 Å². The Kier molecular flexibility index (Phi) is 2.98. The second kappa shape index (κ2) is 4.01. The van der Waals surface area contributed by atoms with Crippen LogP contribution in [-0.2, 0) is 4.79 Å². The van der Waals surface area contributed by atoms with Crippen LogP contribution in [0.5, 0.6) is 0 Å². The molecule has 0 bridgehead atoms. The molecule has 0 aromatic heterocycles. The van der Waals surface area contributed by atoms with E-state index in [2.05, 4.69) is 0 Å². The lowest BCUT2D eigenvalue weighted by atomic mass is 10.3. The van der Waals surface area contributed by atoms with E-state index < -0.39 is 24.1 Å². The van der Waals surface area contributed by atoms with Gasteiger partial charge in [-0.1, -0.05) is 0 Å². The minimum Gasteiger partial charge on any atom is -0.548 e. The molecule has 2 N–H and O–H groups in total. The number of rotatable bonds is 3. The predicted octanol–water partition coefficient (Wildman–Crippen LogP) is -0.605. The number of hydrazine groups is 1. The predicted molar refractivity (Wildman–Crippen MR) is 42.9 cm³/mol. The van der Waals surface area contributed by atoms with Crippen molar-refractivity contribution in [2.75, 3.05) is 11.6 Å². The summed E-state index contributed by atoms with van der Waals surface area (Å²) in [4.78, 5) is 10.1. The van der Waals surface area contributed by atoms with E-state index in [-0.39, 0.29) is 5.69 Å². The summed E-state index contributed by atoms with van der Waals surface area (Å²) in [5.41, 5.74) is 0.0631. The Morgan fingerprint density at radius 3 is 2.57 bits per heavy atom. The van der Waals surface area contributed by atoms with Crippen LogP contribution in [0.4, 0.5) is 14.5 Å². The Morgan fingerprint density at radius 2 is 2.07 bits per heavy atom. The number of hydrogen-bond donors (Lipinski definition) is 1. The van der Waals surface area contributed by atoms with E-state index in [1.807, 2.05) is 0 Å². The molecule has 1 aromatic rings. The summed E-state index contributed by atoms with van der Waals surface area (Å²) >= 11 is 0. The molecule has 0 aliphatic rings. The van der Waals surface area contributed by atoms with E-state index in [1.165, 1.54) is 6.07 Å². The Labute approximate surface area is 78.5 Å². The van der Waals surface area contributed by atoms with Crippen LogP contribution in [0, 0.1) is 11.6 Å². The van der Waals surface area contributed by atoms with Crippen LogP contribution in [0.15, 0.2) is 18.2 Å². The standard InChI is InChI=1S/C8H8F2N2O2/c9-6-2-1-5(3-7(6)10)12(11)4-8(13)14/h1-3H,4,11H2,(H,13,14)/p-1. The quantitative estimate of drug-likeness (QED) is 0.523. The van der Waals surface area contributed by atoms with Gasteiger partial charge in [-0.15, -0.1) is 0 Å². The molecule has 0 heterocycles. The molecule has 0 atom stereocenters. The average Bonchev–Trinajstić information content (AvgIpc) is 2.08. The molecule has 0 unspecified atom stereocenters. The molecule has 0 fully saturated rings. The van der Waals surface area contributed by atoms with Gasteiger partial charge in [0.15, 0.2) is 11.6 Å². The SMILES string of the molecule is NN(CC(=O)[O-])c1ccc(F)c(F)c1. The van der Waals surface area contributed by atoms with E-state index in [9.17, 15) is 18.7 Å². The van der Waals surface area contributed by atoms with E-state index in [1.54, 1.807) is 0 Å². The zero-order chi connectivity index (χ0) is 10.7. The minimum absolute atomic E-state index is 0.0631. The molecule has 76 valence electrons. The number of carboxylic acid groups (broad SMARTS) is 1. The van der Waals surface area contributed by atoms with Gasteiger partial charge >= 0.3 is 0 Å². The van der Waals surface area contributed by atoms with Crippen molar-refractivity contribution in [1.29, 1.82) is 0 Å². The zero-order valence-electron chi connectivity index (χ0n) is 7.04. The van der Waals surface area contributed by atoms with E-state index in [0.717, 1.165) is 17.1 Å². The van der Waals surface area contributed by atoms with Gasteiger partial charge in [-0.25, -0.2) is 14.6 Å². The maximum absolute atomic E-state index is 12.7. The van der Waals surface area contributed by atoms with Crippen molar-refractivity contribution in [3.8, 4) is 0 Å². The number of benzene rings is 1. The lowest BCUT2D eigenvalue weighted by Crippen LogP contribution is -2.42. The first-order valence-electron chi connectivity index (χ1n) is 3.68. The fourth-order valence-electron chi connectivity index (χ4n) is 0.894. The van der Waals surface area contributed by atoms with Crippen LogP contribution in [0.2, 0.25) is 0 Å². The number of anilines is 1. The third-order valence-corrected chi connectivity index (χ3v) is 1.53. The summed E-state index contributed by atoms with van der Waals surface area (Å²) in [6, 6.07) is 2.83. The second-order valence-corrected chi connectivity index (χ2v) is 2.60. The highest BCUT2D eigenvalue weighted by atomic mass is 19.2. The monoisotopic (exact) mass is 201 g/mol. The summed E-state index contributed by atoms with van der Waals surface area (Å²) in [5, 5.41) is 10.9. The van der Waals surface area contributed by atoms with Crippen molar-refractivity contribution >= 4 is 11.7 Å². The molecule has 0 saturated carbocycles. The number of hydrogen-bond acceptors (Lipinski definition) is 4. The smallest absolute Gasteiger partial charge is 0.160 e. The van der Waals surface area contributed by atoms with Crippen molar-refractivity contribution in [2.24, 2.45) is 5.84 Å². The number of carbonyl (C=O) groups excluding carboxylic acids is 1. The van der Waals surface area contributed by atoms with Crippen LogP contribution in [0.1, 0.15) is 0 Å². The molecule has 0 spiro atoms. The lowest BCUT2D eigenvalue weighted by Gasteiger charge is -2.18. The van der Waals surface area contributed by atoms with Gasteiger partial charge in [-0.05, 0) is 12.1 Å². The molecule has 4 nitrogen and oxygen atoms in total. The van der Waals surface area contributed by atoms with Crippen molar-refractivity contribution in [3.63, 3.8) is 0 Å². The van der Waals surface area contributed by atoms with Gasteiger partial charge in [-0.2, -0.15) is 0 Å². The van der Waals surface area contributed by atoms with Crippen molar-refractivity contribution in [1.82, 2.24) is 0 Å². The minimum atomic E-state index is -1.41. The molecule has 14 heavy (non-hydrogen) atoms. The van der Waals surface area contributed by atoms with Gasteiger partial charge in [0.05, 0.1) is 18.2 Å². The molecule has 1 aromatic carbocycles. The first-order chi connectivity index (χ1) is 6.50. The highest BCUT2D eigenvalue weighted by molar-refractivity contribution is 5.71. The number of nitrogens with zero attached hydrogens (tertiary/aromatic N) is 1. The Balaban J connectivity index is 2.85. The molecule has 0 saturated heterocycles. The van der Waals surface area contributed by atoms with Gasteiger partial charge in [-0.3, -0.25) is 0 Å². The fraction of sp³-hybridized carbons (Fsp3) is 0.125. The van der Waals surface area contributed by atoms with Crippen LogP contribution in [0.3, 0.4) is 0 Å². The number of halogens is 2. The van der Waals surface area contributed by atoms with Crippen LogP contribution >= 0.6 is 0 Å². The van der Waals surface area contributed by atoms with Gasteiger partial charge in [0, 0.05) is 6.07 Å². The van der Waals surface area contributed by atoms with Crippen LogP contribution < -0.4 is 16.0 Å². The summed E-state index contributed by atoms with van der Waals surface area (Å²) in [5.74, 6) is 1.73. The second-order valence-electron chi connectivity index (χ2n) is 2.60. The fourth-order valence-corrected chi connectivity index (χ4v) is 0.894. The third-order valence-electron chi connectivity index (χ3n) is 1.53. The van der Waals surface area contributed by atoms with Crippen molar-refractivity contribution < 1.29 is 18.7 Å². The zero-order valence-corrected chi connectivity index (χ0v) is 7.04. The molecule has 0 aliphatic heterocycles.